The third-order valence-corrected chi connectivity index (χ3v) is 3.65. The summed E-state index contributed by atoms with van der Waals surface area (Å²) in [5.41, 5.74) is 0.925. The van der Waals surface area contributed by atoms with Crippen LogP contribution in [0.1, 0.15) is 17.7 Å². The maximum atomic E-state index is 12.0. The molecule has 0 saturated carbocycles. The molecule has 0 saturated heterocycles. The van der Waals surface area contributed by atoms with E-state index in [1.807, 2.05) is 36.4 Å². The van der Waals surface area contributed by atoms with Gasteiger partial charge < -0.3 is 19.4 Å². The summed E-state index contributed by atoms with van der Waals surface area (Å²) in [6.45, 7) is 2.05. The molecule has 2 aromatic rings. The topological polar surface area (TPSA) is 54.7 Å². The maximum absolute atomic E-state index is 12.0. The fourth-order valence-corrected chi connectivity index (χ4v) is 2.22. The average Bonchev–Trinajstić information content (AvgIpc) is 3.06. The van der Waals surface area contributed by atoms with Gasteiger partial charge in [0.2, 0.25) is 0 Å². The fourth-order valence-electron chi connectivity index (χ4n) is 2.03. The lowest BCUT2D eigenvalue weighted by Gasteiger charge is -2.18. The molecule has 0 fully saturated rings. The number of carbonyl (C=O) groups excluding carboxylic acids is 1. The lowest BCUT2D eigenvalue weighted by atomic mass is 10.2. The smallest absolute Gasteiger partial charge is 0.317 e. The fraction of sp³-hybridized carbons (Fsp3) is 0.353. The van der Waals surface area contributed by atoms with Gasteiger partial charge >= 0.3 is 6.03 Å². The van der Waals surface area contributed by atoms with Crippen molar-refractivity contribution in [1.82, 2.24) is 10.2 Å². The van der Waals surface area contributed by atoms with Gasteiger partial charge in [0.1, 0.15) is 12.4 Å². The van der Waals surface area contributed by atoms with Gasteiger partial charge in [-0.25, -0.2) is 4.79 Å². The predicted octanol–water partition coefficient (Wildman–Crippen LogP) is 3.68. The number of ether oxygens (including phenoxy) is 1. The highest BCUT2D eigenvalue weighted by atomic mass is 35.5. The van der Waals surface area contributed by atoms with Crippen LogP contribution in [0.2, 0.25) is 5.02 Å². The summed E-state index contributed by atoms with van der Waals surface area (Å²) in [5.74, 6) is 0.800. The van der Waals surface area contributed by atoms with Crippen LogP contribution >= 0.6 is 11.6 Å². The Hall–Kier alpha value is -1.98. The van der Waals surface area contributed by atoms with E-state index >= 15 is 0 Å². The molecule has 124 valence electrons. The summed E-state index contributed by atoms with van der Waals surface area (Å²) in [5, 5.41) is 3.52. The Morgan fingerprint density at radius 2 is 2.13 bits per heavy atom. The monoisotopic (exact) mass is 336 g/mol. The minimum atomic E-state index is -0.129. The number of hydrogen-bond acceptors (Lipinski definition) is 3. The van der Waals surface area contributed by atoms with Gasteiger partial charge in [0.15, 0.2) is 0 Å². The van der Waals surface area contributed by atoms with E-state index in [2.05, 4.69) is 5.32 Å². The molecule has 5 nitrogen and oxygen atoms in total. The van der Waals surface area contributed by atoms with E-state index in [1.165, 1.54) is 0 Å². The quantitative estimate of drug-likeness (QED) is 0.748. The zero-order valence-corrected chi connectivity index (χ0v) is 13.9. The van der Waals surface area contributed by atoms with Gasteiger partial charge in [-0.3, -0.25) is 0 Å². The zero-order valence-electron chi connectivity index (χ0n) is 13.1. The number of benzene rings is 1. The molecule has 0 unspecified atom stereocenters. The number of halogens is 1. The first-order valence-corrected chi connectivity index (χ1v) is 7.87. The van der Waals surface area contributed by atoms with Crippen LogP contribution < -0.4 is 5.32 Å². The highest BCUT2D eigenvalue weighted by molar-refractivity contribution is 6.31. The van der Waals surface area contributed by atoms with Crippen molar-refractivity contribution in [1.29, 1.82) is 0 Å². The van der Waals surface area contributed by atoms with E-state index in [4.69, 9.17) is 20.8 Å². The maximum Gasteiger partial charge on any atom is 0.317 e. The third-order valence-electron chi connectivity index (χ3n) is 3.28. The molecule has 0 bridgehead atoms. The van der Waals surface area contributed by atoms with Gasteiger partial charge in [-0.2, -0.15) is 0 Å². The second-order valence-corrected chi connectivity index (χ2v) is 5.57. The Morgan fingerprint density at radius 1 is 1.30 bits per heavy atom. The largest absolute Gasteiger partial charge is 0.467 e. The highest BCUT2D eigenvalue weighted by Gasteiger charge is 2.09. The van der Waals surface area contributed by atoms with Crippen molar-refractivity contribution in [3.63, 3.8) is 0 Å². The van der Waals surface area contributed by atoms with Crippen molar-refractivity contribution >= 4 is 17.6 Å². The molecule has 1 heterocycles. The molecule has 0 aliphatic heterocycles. The van der Waals surface area contributed by atoms with Crippen LogP contribution in [-0.4, -0.2) is 31.1 Å². The Balaban J connectivity index is 1.59. The van der Waals surface area contributed by atoms with E-state index < -0.39 is 0 Å². The Labute approximate surface area is 141 Å². The standard InChI is InChI=1S/C17H21ClN2O3/c1-20(12-14-6-2-3-8-16(14)18)17(21)19-9-5-10-22-13-15-7-4-11-23-15/h2-4,6-8,11H,5,9-10,12-13H2,1H3,(H,19,21). The lowest BCUT2D eigenvalue weighted by molar-refractivity contribution is 0.104. The van der Waals surface area contributed by atoms with Crippen LogP contribution in [0.3, 0.4) is 0 Å². The van der Waals surface area contributed by atoms with Gasteiger partial charge in [-0.15, -0.1) is 0 Å². The van der Waals surface area contributed by atoms with Crippen LogP contribution in [0.4, 0.5) is 4.79 Å². The molecule has 1 aromatic heterocycles. The molecule has 0 spiro atoms. The SMILES string of the molecule is CN(Cc1ccccc1Cl)C(=O)NCCCOCc1ccco1. The molecule has 0 aliphatic carbocycles. The second kappa shape index (κ2) is 9.22. The molecule has 2 rings (SSSR count). The molecular weight excluding hydrogens is 316 g/mol. The normalized spacial score (nSPS) is 10.5. The molecule has 1 N–H and O–H groups in total. The molecule has 0 atom stereocenters. The van der Waals surface area contributed by atoms with Crippen LogP contribution in [0.5, 0.6) is 0 Å². The number of nitrogens with zero attached hydrogens (tertiary/aromatic N) is 1. The van der Waals surface area contributed by atoms with E-state index in [9.17, 15) is 4.79 Å². The Kier molecular flexibility index (Phi) is 6.97. The summed E-state index contributed by atoms with van der Waals surface area (Å²) in [6.07, 6.45) is 2.36. The number of nitrogens with one attached hydrogen (secondary N) is 1. The summed E-state index contributed by atoms with van der Waals surface area (Å²) >= 11 is 6.09. The molecule has 6 heteroatoms. The molecule has 2 amide bonds. The number of urea groups is 1. The van der Waals surface area contributed by atoms with E-state index in [0.717, 1.165) is 17.7 Å². The lowest BCUT2D eigenvalue weighted by Crippen LogP contribution is -2.37. The van der Waals surface area contributed by atoms with Crippen molar-refractivity contribution in [2.24, 2.45) is 0 Å². The number of hydrogen-bond donors (Lipinski definition) is 1. The molecule has 1 aromatic carbocycles. The minimum absolute atomic E-state index is 0.129. The molecule has 23 heavy (non-hydrogen) atoms. The van der Waals surface area contributed by atoms with Gasteiger partial charge in [-0.1, -0.05) is 29.8 Å². The van der Waals surface area contributed by atoms with Gasteiger partial charge in [0.05, 0.1) is 6.26 Å². The van der Waals surface area contributed by atoms with Crippen molar-refractivity contribution in [3.8, 4) is 0 Å². The van der Waals surface area contributed by atoms with Crippen molar-refractivity contribution in [2.45, 2.75) is 19.6 Å². The number of rotatable bonds is 8. The van der Waals surface area contributed by atoms with Crippen molar-refractivity contribution in [3.05, 3.63) is 59.0 Å². The molecular formula is C17H21ClN2O3. The third kappa shape index (κ3) is 5.96. The summed E-state index contributed by atoms with van der Waals surface area (Å²) in [6, 6.07) is 11.1. The molecule has 0 aliphatic rings. The van der Waals surface area contributed by atoms with Crippen molar-refractivity contribution in [2.75, 3.05) is 20.2 Å². The van der Waals surface area contributed by atoms with Crippen molar-refractivity contribution < 1.29 is 13.9 Å². The predicted molar refractivity (Wildman–Crippen MR) is 89.3 cm³/mol. The Bertz CT molecular complexity index is 602. The first kappa shape index (κ1) is 17.4. The average molecular weight is 337 g/mol. The number of furan rings is 1. The summed E-state index contributed by atoms with van der Waals surface area (Å²) < 4.78 is 10.6. The van der Waals surface area contributed by atoms with Gasteiger partial charge in [0, 0.05) is 31.8 Å². The molecule has 0 radical (unpaired) electrons. The van der Waals surface area contributed by atoms with Gasteiger partial charge in [0.25, 0.3) is 0 Å². The second-order valence-electron chi connectivity index (χ2n) is 5.16. The van der Waals surface area contributed by atoms with Crippen LogP contribution in [0.15, 0.2) is 47.1 Å². The van der Waals surface area contributed by atoms with Crippen LogP contribution in [0.25, 0.3) is 0 Å². The van der Waals surface area contributed by atoms with E-state index in [1.54, 1.807) is 18.2 Å². The number of amides is 2. The highest BCUT2D eigenvalue weighted by Crippen LogP contribution is 2.16. The number of carbonyl (C=O) groups is 1. The minimum Gasteiger partial charge on any atom is -0.467 e. The summed E-state index contributed by atoms with van der Waals surface area (Å²) in [7, 11) is 1.74. The first-order chi connectivity index (χ1) is 11.2. The zero-order chi connectivity index (χ0) is 16.5. The van der Waals surface area contributed by atoms with Crippen LogP contribution in [-0.2, 0) is 17.9 Å². The Morgan fingerprint density at radius 3 is 2.87 bits per heavy atom. The van der Waals surface area contributed by atoms with Crippen LogP contribution in [0, 0.1) is 0 Å². The van der Waals surface area contributed by atoms with E-state index in [-0.39, 0.29) is 6.03 Å². The summed E-state index contributed by atoms with van der Waals surface area (Å²) in [4.78, 5) is 13.6. The van der Waals surface area contributed by atoms with Gasteiger partial charge in [-0.05, 0) is 30.2 Å². The first-order valence-electron chi connectivity index (χ1n) is 7.49. The van der Waals surface area contributed by atoms with E-state index in [0.29, 0.717) is 31.3 Å².